The standard InChI is InChI=1S/C14H17N3O3S/c1-10-8-12(20-3)4-5-14(10)21(18,19)17-11(2)13-9-15-6-7-16-13/h4-9,11,17H,1-3H3/t11-/m1/s1. The van der Waals surface area contributed by atoms with Crippen molar-refractivity contribution in [3.05, 3.63) is 48.0 Å². The number of benzene rings is 1. The molecule has 1 atom stereocenters. The van der Waals surface area contributed by atoms with E-state index in [-0.39, 0.29) is 4.90 Å². The van der Waals surface area contributed by atoms with E-state index in [4.69, 9.17) is 4.74 Å². The van der Waals surface area contributed by atoms with Gasteiger partial charge in [-0.3, -0.25) is 9.97 Å². The van der Waals surface area contributed by atoms with Crippen LogP contribution in [-0.4, -0.2) is 25.5 Å². The minimum Gasteiger partial charge on any atom is -0.497 e. The van der Waals surface area contributed by atoms with Crippen LogP contribution < -0.4 is 9.46 Å². The molecule has 6 nitrogen and oxygen atoms in total. The topological polar surface area (TPSA) is 81.2 Å². The molecule has 0 spiro atoms. The van der Waals surface area contributed by atoms with Gasteiger partial charge in [-0.15, -0.1) is 0 Å². The fourth-order valence-electron chi connectivity index (χ4n) is 1.94. The van der Waals surface area contributed by atoms with Gasteiger partial charge >= 0.3 is 0 Å². The Kier molecular flexibility index (Phi) is 4.54. The fourth-order valence-corrected chi connectivity index (χ4v) is 3.38. The summed E-state index contributed by atoms with van der Waals surface area (Å²) in [7, 11) is -2.10. The van der Waals surface area contributed by atoms with Crippen LogP contribution >= 0.6 is 0 Å². The summed E-state index contributed by atoms with van der Waals surface area (Å²) in [5.74, 6) is 0.619. The van der Waals surface area contributed by atoms with Gasteiger partial charge in [0, 0.05) is 18.6 Å². The summed E-state index contributed by atoms with van der Waals surface area (Å²) in [6, 6.07) is 4.36. The summed E-state index contributed by atoms with van der Waals surface area (Å²) < 4.78 is 32.5. The Morgan fingerprint density at radius 3 is 2.62 bits per heavy atom. The minimum atomic E-state index is -3.64. The molecule has 0 amide bonds. The number of aromatic nitrogens is 2. The number of aryl methyl sites for hydroxylation is 1. The van der Waals surface area contributed by atoms with E-state index in [1.165, 1.54) is 25.6 Å². The Hall–Kier alpha value is -1.99. The molecule has 112 valence electrons. The van der Waals surface area contributed by atoms with Crippen LogP contribution in [0.2, 0.25) is 0 Å². The smallest absolute Gasteiger partial charge is 0.241 e. The second-order valence-electron chi connectivity index (χ2n) is 4.60. The molecule has 1 aromatic heterocycles. The molecule has 0 unspecified atom stereocenters. The summed E-state index contributed by atoms with van der Waals surface area (Å²) >= 11 is 0. The maximum Gasteiger partial charge on any atom is 0.241 e. The number of nitrogens with zero attached hydrogens (tertiary/aromatic N) is 2. The molecule has 0 saturated heterocycles. The zero-order chi connectivity index (χ0) is 15.5. The predicted molar refractivity (Wildman–Crippen MR) is 78.5 cm³/mol. The van der Waals surface area contributed by atoms with Crippen LogP contribution in [0, 0.1) is 6.92 Å². The van der Waals surface area contributed by atoms with E-state index in [0.29, 0.717) is 17.0 Å². The first kappa shape index (κ1) is 15.4. The molecule has 7 heteroatoms. The van der Waals surface area contributed by atoms with Gasteiger partial charge in [-0.25, -0.2) is 13.1 Å². The molecule has 0 aliphatic heterocycles. The van der Waals surface area contributed by atoms with Gasteiger partial charge in [0.15, 0.2) is 0 Å². The van der Waals surface area contributed by atoms with E-state index in [1.807, 2.05) is 0 Å². The lowest BCUT2D eigenvalue weighted by atomic mass is 10.2. The third-order valence-electron chi connectivity index (χ3n) is 3.03. The summed E-state index contributed by atoms with van der Waals surface area (Å²) in [5.41, 5.74) is 1.18. The molecule has 0 bridgehead atoms. The van der Waals surface area contributed by atoms with E-state index in [1.54, 1.807) is 32.2 Å². The number of methoxy groups -OCH3 is 1. The van der Waals surface area contributed by atoms with E-state index in [9.17, 15) is 8.42 Å². The molecular formula is C14H17N3O3S. The number of hydrogen-bond acceptors (Lipinski definition) is 5. The van der Waals surface area contributed by atoms with E-state index < -0.39 is 16.1 Å². The van der Waals surface area contributed by atoms with Crippen molar-refractivity contribution in [3.63, 3.8) is 0 Å². The van der Waals surface area contributed by atoms with Crippen LogP contribution in [-0.2, 0) is 10.0 Å². The van der Waals surface area contributed by atoms with Gasteiger partial charge in [0.05, 0.1) is 23.7 Å². The fraction of sp³-hybridized carbons (Fsp3) is 0.286. The summed E-state index contributed by atoms with van der Waals surface area (Å²) in [5, 5.41) is 0. The Morgan fingerprint density at radius 2 is 2.05 bits per heavy atom. The molecule has 1 heterocycles. The van der Waals surface area contributed by atoms with Gasteiger partial charge in [-0.2, -0.15) is 0 Å². The Balaban J connectivity index is 2.26. The average molecular weight is 307 g/mol. The van der Waals surface area contributed by atoms with Crippen molar-refractivity contribution in [1.82, 2.24) is 14.7 Å². The number of hydrogen-bond donors (Lipinski definition) is 1. The van der Waals surface area contributed by atoms with E-state index in [2.05, 4.69) is 14.7 Å². The van der Waals surface area contributed by atoms with Crippen molar-refractivity contribution in [2.75, 3.05) is 7.11 Å². The maximum absolute atomic E-state index is 12.4. The first-order valence-electron chi connectivity index (χ1n) is 6.37. The quantitative estimate of drug-likeness (QED) is 0.911. The van der Waals surface area contributed by atoms with Crippen molar-refractivity contribution in [1.29, 1.82) is 0 Å². The van der Waals surface area contributed by atoms with Crippen LogP contribution in [0.25, 0.3) is 0 Å². The van der Waals surface area contributed by atoms with E-state index in [0.717, 1.165) is 0 Å². The Morgan fingerprint density at radius 1 is 1.29 bits per heavy atom. The van der Waals surface area contributed by atoms with Gasteiger partial charge in [0.2, 0.25) is 10.0 Å². The molecule has 0 saturated carbocycles. The van der Waals surface area contributed by atoms with Gasteiger partial charge < -0.3 is 4.74 Å². The van der Waals surface area contributed by atoms with E-state index >= 15 is 0 Å². The molecule has 2 rings (SSSR count). The molecule has 0 aliphatic rings. The van der Waals surface area contributed by atoms with Gasteiger partial charge in [-0.1, -0.05) is 0 Å². The SMILES string of the molecule is COc1ccc(S(=O)(=O)N[C@H](C)c2cnccn2)c(C)c1. The Labute approximate surface area is 124 Å². The number of nitrogens with one attached hydrogen (secondary N) is 1. The molecule has 21 heavy (non-hydrogen) atoms. The highest BCUT2D eigenvalue weighted by atomic mass is 32.2. The average Bonchev–Trinajstić information content (AvgIpc) is 2.47. The highest BCUT2D eigenvalue weighted by Crippen LogP contribution is 2.22. The van der Waals surface area contributed by atoms with Crippen molar-refractivity contribution in [2.45, 2.75) is 24.8 Å². The van der Waals surface area contributed by atoms with Crippen molar-refractivity contribution in [3.8, 4) is 5.75 Å². The zero-order valence-corrected chi connectivity index (χ0v) is 12.9. The normalized spacial score (nSPS) is 12.9. The van der Waals surface area contributed by atoms with Gasteiger partial charge in [0.1, 0.15) is 5.75 Å². The maximum atomic E-state index is 12.4. The lowest BCUT2D eigenvalue weighted by Crippen LogP contribution is -2.28. The summed E-state index contributed by atoms with van der Waals surface area (Å²) in [4.78, 5) is 8.25. The number of rotatable bonds is 5. The monoisotopic (exact) mass is 307 g/mol. The largest absolute Gasteiger partial charge is 0.497 e. The second-order valence-corrected chi connectivity index (χ2v) is 6.29. The van der Waals surface area contributed by atoms with Gasteiger partial charge in [0.25, 0.3) is 0 Å². The highest BCUT2D eigenvalue weighted by Gasteiger charge is 2.21. The molecule has 1 N–H and O–H groups in total. The first-order chi connectivity index (χ1) is 9.94. The van der Waals surface area contributed by atoms with Crippen LogP contribution in [0.3, 0.4) is 0 Å². The zero-order valence-electron chi connectivity index (χ0n) is 12.1. The second kappa shape index (κ2) is 6.19. The van der Waals surface area contributed by atoms with Crippen LogP contribution in [0.15, 0.2) is 41.7 Å². The predicted octanol–water partition coefficient (Wildman–Crippen LogP) is 1.83. The molecule has 0 fully saturated rings. The summed E-state index contributed by atoms with van der Waals surface area (Å²) in [6.07, 6.45) is 4.60. The van der Waals surface area contributed by atoms with Crippen molar-refractivity contribution >= 4 is 10.0 Å². The highest BCUT2D eigenvalue weighted by molar-refractivity contribution is 7.89. The number of ether oxygens (including phenoxy) is 1. The van der Waals surface area contributed by atoms with Crippen LogP contribution in [0.4, 0.5) is 0 Å². The van der Waals surface area contributed by atoms with Crippen LogP contribution in [0.1, 0.15) is 24.2 Å². The Bertz CT molecular complexity index is 717. The van der Waals surface area contributed by atoms with Crippen molar-refractivity contribution < 1.29 is 13.2 Å². The molecule has 0 aliphatic carbocycles. The van der Waals surface area contributed by atoms with Crippen LogP contribution in [0.5, 0.6) is 5.75 Å². The molecular weight excluding hydrogens is 290 g/mol. The summed E-state index contributed by atoms with van der Waals surface area (Å²) in [6.45, 7) is 3.45. The molecule has 0 radical (unpaired) electrons. The minimum absolute atomic E-state index is 0.221. The number of sulfonamides is 1. The first-order valence-corrected chi connectivity index (χ1v) is 7.85. The third-order valence-corrected chi connectivity index (χ3v) is 4.73. The van der Waals surface area contributed by atoms with Crippen molar-refractivity contribution in [2.24, 2.45) is 0 Å². The third kappa shape index (κ3) is 3.56. The van der Waals surface area contributed by atoms with Gasteiger partial charge in [-0.05, 0) is 37.6 Å². The molecule has 2 aromatic rings. The lowest BCUT2D eigenvalue weighted by molar-refractivity contribution is 0.414. The lowest BCUT2D eigenvalue weighted by Gasteiger charge is -2.15. The molecule has 1 aromatic carbocycles.